The Balaban J connectivity index is 3.67. The van der Waals surface area contributed by atoms with Crippen molar-refractivity contribution in [1.82, 2.24) is 0 Å². The van der Waals surface area contributed by atoms with Crippen molar-refractivity contribution >= 4 is 11.9 Å². The molecule has 5 nitrogen and oxygen atoms in total. The van der Waals surface area contributed by atoms with Crippen LogP contribution in [0, 0.1) is 0 Å². The van der Waals surface area contributed by atoms with Crippen molar-refractivity contribution in [1.29, 1.82) is 0 Å². The fraction of sp³-hybridized carbons (Fsp3) is 0.724. The Kier molecular flexibility index (Phi) is 24.3. The molecule has 0 rings (SSSR count). The molecule has 0 fully saturated rings. The molecule has 5 heteroatoms. The summed E-state index contributed by atoms with van der Waals surface area (Å²) in [4.78, 5) is 23.8. The van der Waals surface area contributed by atoms with E-state index in [2.05, 4.69) is 44.2 Å². The van der Waals surface area contributed by atoms with Gasteiger partial charge in [-0.2, -0.15) is 0 Å². The third-order valence-electron chi connectivity index (χ3n) is 5.51. The molecule has 34 heavy (non-hydrogen) atoms. The van der Waals surface area contributed by atoms with E-state index < -0.39 is 6.10 Å². The number of carbonyl (C=O) groups excluding carboxylic acids is 2. The summed E-state index contributed by atoms with van der Waals surface area (Å²) in [5.74, 6) is -0.628. The molecule has 196 valence electrons. The summed E-state index contributed by atoms with van der Waals surface area (Å²) in [5, 5.41) is 9.40. The zero-order chi connectivity index (χ0) is 25.1. The summed E-state index contributed by atoms with van der Waals surface area (Å²) in [7, 11) is 0. The van der Waals surface area contributed by atoms with Gasteiger partial charge in [-0.05, 0) is 32.1 Å². The summed E-state index contributed by atoms with van der Waals surface area (Å²) >= 11 is 0. The first-order valence-corrected chi connectivity index (χ1v) is 13.6. The minimum atomic E-state index is -0.772. The van der Waals surface area contributed by atoms with Gasteiger partial charge in [-0.15, -0.1) is 0 Å². The lowest BCUT2D eigenvalue weighted by Crippen LogP contribution is -2.28. The largest absolute Gasteiger partial charge is 0.462 e. The average molecular weight is 479 g/mol. The molecule has 0 aliphatic carbocycles. The first-order chi connectivity index (χ1) is 16.6. The van der Waals surface area contributed by atoms with Gasteiger partial charge in [-0.25, -0.2) is 0 Å². The maximum atomic E-state index is 11.9. The molecule has 0 aliphatic heterocycles. The van der Waals surface area contributed by atoms with Gasteiger partial charge in [0, 0.05) is 12.8 Å². The van der Waals surface area contributed by atoms with Crippen LogP contribution in [0.5, 0.6) is 0 Å². The van der Waals surface area contributed by atoms with Crippen LogP contribution in [0.3, 0.4) is 0 Å². The van der Waals surface area contributed by atoms with Crippen LogP contribution >= 0.6 is 0 Å². The molecule has 0 aliphatic rings. The number of carbonyl (C=O) groups is 2. The minimum Gasteiger partial charge on any atom is -0.462 e. The summed E-state index contributed by atoms with van der Waals surface area (Å²) in [6.45, 7) is 3.90. The van der Waals surface area contributed by atoms with E-state index in [4.69, 9.17) is 9.47 Å². The van der Waals surface area contributed by atoms with Gasteiger partial charge in [0.25, 0.3) is 0 Å². The van der Waals surface area contributed by atoms with Crippen LogP contribution in [-0.2, 0) is 19.1 Å². The van der Waals surface area contributed by atoms with Gasteiger partial charge in [0.1, 0.15) is 6.61 Å². The molecule has 0 radical (unpaired) electrons. The molecular weight excluding hydrogens is 428 g/mol. The molecule has 0 heterocycles. The number of rotatable bonds is 23. The Morgan fingerprint density at radius 3 is 1.88 bits per heavy atom. The SMILES string of the molecule is CC/C=C/C=C/C=C/CCCCCCCC(=O)OCC(CO)OC(=O)CCCCCCCCC. The monoisotopic (exact) mass is 478 g/mol. The fourth-order valence-corrected chi connectivity index (χ4v) is 3.43. The number of aliphatic hydroxyl groups is 1. The maximum Gasteiger partial charge on any atom is 0.306 e. The van der Waals surface area contributed by atoms with E-state index in [1.165, 1.54) is 25.7 Å². The van der Waals surface area contributed by atoms with Gasteiger partial charge < -0.3 is 14.6 Å². The van der Waals surface area contributed by atoms with Crippen molar-refractivity contribution in [2.45, 2.75) is 123 Å². The number of unbranched alkanes of at least 4 members (excludes halogenated alkanes) is 11. The number of aliphatic hydroxyl groups excluding tert-OH is 1. The molecule has 1 N–H and O–H groups in total. The fourth-order valence-electron chi connectivity index (χ4n) is 3.43. The third-order valence-corrected chi connectivity index (χ3v) is 5.51. The molecular formula is C29H50O5. The summed E-state index contributed by atoms with van der Waals surface area (Å²) < 4.78 is 10.4. The zero-order valence-electron chi connectivity index (χ0n) is 21.8. The Morgan fingerprint density at radius 2 is 1.26 bits per heavy atom. The molecule has 0 saturated carbocycles. The van der Waals surface area contributed by atoms with Crippen LogP contribution in [0.15, 0.2) is 36.5 Å². The van der Waals surface area contributed by atoms with Crippen molar-refractivity contribution in [3.8, 4) is 0 Å². The Labute approximate surface area is 208 Å². The third kappa shape index (κ3) is 23.3. The van der Waals surface area contributed by atoms with E-state index in [-0.39, 0.29) is 25.2 Å². The van der Waals surface area contributed by atoms with E-state index >= 15 is 0 Å². The predicted molar refractivity (Wildman–Crippen MR) is 141 cm³/mol. The molecule has 0 bridgehead atoms. The van der Waals surface area contributed by atoms with E-state index in [0.29, 0.717) is 12.8 Å². The Bertz CT molecular complexity index is 565. The number of hydrogen-bond donors (Lipinski definition) is 1. The number of hydrogen-bond acceptors (Lipinski definition) is 5. The second kappa shape index (κ2) is 25.7. The molecule has 0 aromatic heterocycles. The number of ether oxygens (including phenoxy) is 2. The van der Waals surface area contributed by atoms with Gasteiger partial charge in [0.15, 0.2) is 6.10 Å². The highest BCUT2D eigenvalue weighted by molar-refractivity contribution is 5.70. The predicted octanol–water partition coefficient (Wildman–Crippen LogP) is 7.38. The second-order valence-corrected chi connectivity index (χ2v) is 8.80. The van der Waals surface area contributed by atoms with Crippen LogP contribution in [-0.4, -0.2) is 36.4 Å². The average Bonchev–Trinajstić information content (AvgIpc) is 2.84. The molecule has 1 unspecified atom stereocenters. The van der Waals surface area contributed by atoms with Crippen molar-refractivity contribution < 1.29 is 24.2 Å². The molecule has 0 spiro atoms. The lowest BCUT2D eigenvalue weighted by Gasteiger charge is -2.15. The molecule has 0 saturated heterocycles. The van der Waals surface area contributed by atoms with Crippen LogP contribution < -0.4 is 0 Å². The highest BCUT2D eigenvalue weighted by atomic mass is 16.6. The minimum absolute atomic E-state index is 0.0763. The van der Waals surface area contributed by atoms with Gasteiger partial charge >= 0.3 is 11.9 Å². The highest BCUT2D eigenvalue weighted by Crippen LogP contribution is 2.11. The van der Waals surface area contributed by atoms with E-state index in [1.54, 1.807) is 0 Å². The van der Waals surface area contributed by atoms with E-state index in [1.807, 2.05) is 6.08 Å². The number of allylic oxidation sites excluding steroid dienone is 6. The summed E-state index contributed by atoms with van der Waals surface area (Å²) in [6, 6.07) is 0. The topological polar surface area (TPSA) is 72.8 Å². The van der Waals surface area contributed by atoms with E-state index in [0.717, 1.165) is 64.2 Å². The Morgan fingerprint density at radius 1 is 0.706 bits per heavy atom. The standard InChI is InChI=1S/C29H50O5/c1-3-5-7-9-11-12-13-14-15-16-18-19-21-23-28(31)33-26-27(25-30)34-29(32)24-22-20-17-10-8-6-4-2/h5,7,9,11-13,27,30H,3-4,6,8,10,14-26H2,1-2H3/b7-5+,11-9+,13-12+. The molecule has 1 atom stereocenters. The number of esters is 2. The van der Waals surface area contributed by atoms with Crippen LogP contribution in [0.1, 0.15) is 117 Å². The quantitative estimate of drug-likeness (QED) is 0.0942. The maximum absolute atomic E-state index is 11.9. The molecule has 0 amide bonds. The van der Waals surface area contributed by atoms with Crippen molar-refractivity contribution in [2.24, 2.45) is 0 Å². The van der Waals surface area contributed by atoms with Crippen molar-refractivity contribution in [3.05, 3.63) is 36.5 Å². The Hall–Kier alpha value is -1.88. The van der Waals surface area contributed by atoms with Crippen LogP contribution in [0.4, 0.5) is 0 Å². The lowest BCUT2D eigenvalue weighted by molar-refractivity contribution is -0.161. The van der Waals surface area contributed by atoms with Gasteiger partial charge in [0.05, 0.1) is 6.61 Å². The van der Waals surface area contributed by atoms with Gasteiger partial charge in [-0.3, -0.25) is 9.59 Å². The van der Waals surface area contributed by atoms with Crippen LogP contribution in [0.25, 0.3) is 0 Å². The van der Waals surface area contributed by atoms with Crippen molar-refractivity contribution in [2.75, 3.05) is 13.2 Å². The first-order valence-electron chi connectivity index (χ1n) is 13.6. The molecule has 0 aromatic carbocycles. The smallest absolute Gasteiger partial charge is 0.306 e. The van der Waals surface area contributed by atoms with E-state index in [9.17, 15) is 14.7 Å². The highest BCUT2D eigenvalue weighted by Gasteiger charge is 2.16. The molecule has 0 aromatic rings. The van der Waals surface area contributed by atoms with Gasteiger partial charge in [0.2, 0.25) is 0 Å². The van der Waals surface area contributed by atoms with Crippen LogP contribution in [0.2, 0.25) is 0 Å². The van der Waals surface area contributed by atoms with Crippen molar-refractivity contribution in [3.63, 3.8) is 0 Å². The summed E-state index contributed by atoms with van der Waals surface area (Å²) in [5.41, 5.74) is 0. The normalized spacial score (nSPS) is 12.7. The zero-order valence-corrected chi connectivity index (χ0v) is 21.8. The summed E-state index contributed by atoms with van der Waals surface area (Å²) in [6.07, 6.45) is 27.7. The first kappa shape index (κ1) is 32.1. The van der Waals surface area contributed by atoms with Gasteiger partial charge in [-0.1, -0.05) is 108 Å². The second-order valence-electron chi connectivity index (χ2n) is 8.80. The lowest BCUT2D eigenvalue weighted by atomic mass is 10.1.